The fourth-order valence-corrected chi connectivity index (χ4v) is 1.93. The van der Waals surface area contributed by atoms with Crippen LogP contribution in [-0.4, -0.2) is 11.0 Å². The van der Waals surface area contributed by atoms with Crippen LogP contribution in [0.3, 0.4) is 0 Å². The predicted molar refractivity (Wildman–Crippen MR) is 79.1 cm³/mol. The van der Waals surface area contributed by atoms with Crippen molar-refractivity contribution in [2.75, 3.05) is 5.73 Å². The first-order valence-electron chi connectivity index (χ1n) is 6.53. The predicted octanol–water partition coefficient (Wildman–Crippen LogP) is 2.22. The molecule has 0 aliphatic rings. The number of hydrogen-bond donors (Lipinski definition) is 3. The minimum Gasteiger partial charge on any atom is -0.508 e. The number of benzene rings is 2. The van der Waals surface area contributed by atoms with Gasteiger partial charge in [0.1, 0.15) is 5.75 Å². The highest BCUT2D eigenvalue weighted by molar-refractivity contribution is 5.76. The molecule has 4 nitrogen and oxygen atoms in total. The molecule has 4 heteroatoms. The van der Waals surface area contributed by atoms with Crippen molar-refractivity contribution >= 4 is 11.6 Å². The van der Waals surface area contributed by atoms with Crippen LogP contribution in [0.5, 0.6) is 5.75 Å². The molecule has 0 saturated heterocycles. The van der Waals surface area contributed by atoms with Gasteiger partial charge in [-0.25, -0.2) is 0 Å². The van der Waals surface area contributed by atoms with E-state index in [0.29, 0.717) is 24.1 Å². The standard InChI is InChI=1S/C16H18N2O2/c17-14-7-8-15(19)13(10-14)11-18-16(20)9-6-12-4-2-1-3-5-12/h1-5,7-8,10,19H,6,9,11,17H2,(H,18,20). The molecule has 0 aromatic heterocycles. The second-order valence-corrected chi connectivity index (χ2v) is 4.65. The van der Waals surface area contributed by atoms with Crippen LogP contribution in [0, 0.1) is 0 Å². The Balaban J connectivity index is 1.82. The van der Waals surface area contributed by atoms with Crippen LogP contribution in [0.2, 0.25) is 0 Å². The minimum atomic E-state index is -0.0457. The first-order chi connectivity index (χ1) is 9.65. The molecule has 2 aromatic carbocycles. The highest BCUT2D eigenvalue weighted by Crippen LogP contribution is 2.19. The van der Waals surface area contributed by atoms with E-state index in [1.54, 1.807) is 12.1 Å². The van der Waals surface area contributed by atoms with E-state index >= 15 is 0 Å². The maximum atomic E-state index is 11.8. The summed E-state index contributed by atoms with van der Waals surface area (Å²) in [6.45, 7) is 0.282. The van der Waals surface area contributed by atoms with Gasteiger partial charge in [-0.1, -0.05) is 30.3 Å². The van der Waals surface area contributed by atoms with Crippen molar-refractivity contribution in [1.82, 2.24) is 5.32 Å². The Morgan fingerprint density at radius 2 is 1.90 bits per heavy atom. The number of nitrogens with two attached hydrogens (primary N) is 1. The fourth-order valence-electron chi connectivity index (χ4n) is 1.93. The van der Waals surface area contributed by atoms with E-state index in [0.717, 1.165) is 5.56 Å². The Hall–Kier alpha value is -2.49. The second kappa shape index (κ2) is 6.61. The third-order valence-corrected chi connectivity index (χ3v) is 3.06. The summed E-state index contributed by atoms with van der Waals surface area (Å²) in [4.78, 5) is 11.8. The van der Waals surface area contributed by atoms with E-state index in [4.69, 9.17) is 5.73 Å². The number of hydrogen-bond acceptors (Lipinski definition) is 3. The van der Waals surface area contributed by atoms with E-state index in [2.05, 4.69) is 5.32 Å². The highest BCUT2D eigenvalue weighted by atomic mass is 16.3. The van der Waals surface area contributed by atoms with Crippen molar-refractivity contribution in [3.63, 3.8) is 0 Å². The number of phenols is 1. The molecule has 0 fully saturated rings. The Morgan fingerprint density at radius 3 is 2.65 bits per heavy atom. The number of aryl methyl sites for hydroxylation is 1. The number of nitrogen functional groups attached to an aromatic ring is 1. The Kier molecular flexibility index (Phi) is 4.60. The highest BCUT2D eigenvalue weighted by Gasteiger charge is 2.05. The molecule has 0 atom stereocenters. The van der Waals surface area contributed by atoms with Crippen molar-refractivity contribution in [3.8, 4) is 5.75 Å². The van der Waals surface area contributed by atoms with Gasteiger partial charge in [0, 0.05) is 24.2 Å². The lowest BCUT2D eigenvalue weighted by Gasteiger charge is -2.08. The molecule has 0 aliphatic heterocycles. The van der Waals surface area contributed by atoms with E-state index in [-0.39, 0.29) is 18.2 Å². The molecule has 20 heavy (non-hydrogen) atoms. The zero-order valence-corrected chi connectivity index (χ0v) is 11.2. The van der Waals surface area contributed by atoms with Gasteiger partial charge in [0.25, 0.3) is 0 Å². The van der Waals surface area contributed by atoms with Gasteiger partial charge in [0.05, 0.1) is 0 Å². The van der Waals surface area contributed by atoms with Crippen LogP contribution in [-0.2, 0) is 17.8 Å². The molecule has 104 valence electrons. The third-order valence-electron chi connectivity index (χ3n) is 3.06. The molecule has 0 radical (unpaired) electrons. The van der Waals surface area contributed by atoms with Crippen LogP contribution in [0.4, 0.5) is 5.69 Å². The first-order valence-corrected chi connectivity index (χ1v) is 6.53. The van der Waals surface area contributed by atoms with Crippen molar-refractivity contribution in [3.05, 3.63) is 59.7 Å². The molecule has 0 aliphatic carbocycles. The van der Waals surface area contributed by atoms with Gasteiger partial charge in [-0.3, -0.25) is 4.79 Å². The van der Waals surface area contributed by atoms with Gasteiger partial charge >= 0.3 is 0 Å². The molecule has 2 aromatic rings. The SMILES string of the molecule is Nc1ccc(O)c(CNC(=O)CCc2ccccc2)c1. The summed E-state index contributed by atoms with van der Waals surface area (Å²) in [6.07, 6.45) is 1.13. The molecule has 0 unspecified atom stereocenters. The number of rotatable bonds is 5. The van der Waals surface area contributed by atoms with Gasteiger partial charge in [-0.15, -0.1) is 0 Å². The number of amides is 1. The summed E-state index contributed by atoms with van der Waals surface area (Å²) < 4.78 is 0. The number of carbonyl (C=O) groups is 1. The average Bonchev–Trinajstić information content (AvgIpc) is 2.47. The summed E-state index contributed by atoms with van der Waals surface area (Å²) >= 11 is 0. The normalized spacial score (nSPS) is 10.2. The number of aromatic hydroxyl groups is 1. The van der Waals surface area contributed by atoms with E-state index < -0.39 is 0 Å². The topological polar surface area (TPSA) is 75.3 Å². The van der Waals surface area contributed by atoms with Gasteiger partial charge in [0.2, 0.25) is 5.91 Å². The second-order valence-electron chi connectivity index (χ2n) is 4.65. The summed E-state index contributed by atoms with van der Waals surface area (Å²) in [5.74, 6) is 0.0956. The molecule has 0 bridgehead atoms. The van der Waals surface area contributed by atoms with Crippen LogP contribution >= 0.6 is 0 Å². The Bertz CT molecular complexity index is 582. The zero-order chi connectivity index (χ0) is 14.4. The maximum Gasteiger partial charge on any atom is 0.220 e. The van der Waals surface area contributed by atoms with Crippen LogP contribution in [0.1, 0.15) is 17.5 Å². The molecule has 0 spiro atoms. The van der Waals surface area contributed by atoms with Gasteiger partial charge in [-0.2, -0.15) is 0 Å². The fraction of sp³-hybridized carbons (Fsp3) is 0.188. The molecule has 1 amide bonds. The molecule has 0 saturated carbocycles. The van der Waals surface area contributed by atoms with Crippen LogP contribution in [0.25, 0.3) is 0 Å². The third kappa shape index (κ3) is 4.02. The van der Waals surface area contributed by atoms with Gasteiger partial charge < -0.3 is 16.2 Å². The number of nitrogens with one attached hydrogen (secondary N) is 1. The van der Waals surface area contributed by atoms with E-state index in [9.17, 15) is 9.90 Å². The number of carbonyl (C=O) groups excluding carboxylic acids is 1. The Labute approximate surface area is 118 Å². The van der Waals surface area contributed by atoms with Crippen molar-refractivity contribution in [2.24, 2.45) is 0 Å². The molecule has 0 heterocycles. The molecule has 2 rings (SSSR count). The van der Waals surface area contributed by atoms with E-state index in [1.165, 1.54) is 6.07 Å². The largest absolute Gasteiger partial charge is 0.508 e. The van der Waals surface area contributed by atoms with Gasteiger partial charge in [-0.05, 0) is 30.2 Å². The maximum absolute atomic E-state index is 11.8. The lowest BCUT2D eigenvalue weighted by atomic mass is 10.1. The molecular formula is C16H18N2O2. The lowest BCUT2D eigenvalue weighted by Crippen LogP contribution is -2.23. The summed E-state index contributed by atoms with van der Waals surface area (Å²) in [6, 6.07) is 14.7. The summed E-state index contributed by atoms with van der Waals surface area (Å²) in [5.41, 5.74) is 7.97. The van der Waals surface area contributed by atoms with Crippen LogP contribution < -0.4 is 11.1 Å². The first kappa shape index (κ1) is 13.9. The van der Waals surface area contributed by atoms with Gasteiger partial charge in [0.15, 0.2) is 0 Å². The van der Waals surface area contributed by atoms with Crippen molar-refractivity contribution in [2.45, 2.75) is 19.4 Å². The number of phenolic OH excluding ortho intramolecular Hbond substituents is 1. The number of anilines is 1. The van der Waals surface area contributed by atoms with Crippen molar-refractivity contribution in [1.29, 1.82) is 0 Å². The van der Waals surface area contributed by atoms with Crippen molar-refractivity contribution < 1.29 is 9.90 Å². The monoisotopic (exact) mass is 270 g/mol. The quantitative estimate of drug-likeness (QED) is 0.576. The zero-order valence-electron chi connectivity index (χ0n) is 11.2. The molecule has 4 N–H and O–H groups in total. The smallest absolute Gasteiger partial charge is 0.220 e. The average molecular weight is 270 g/mol. The summed E-state index contributed by atoms with van der Waals surface area (Å²) in [5, 5.41) is 12.4. The minimum absolute atomic E-state index is 0.0457. The summed E-state index contributed by atoms with van der Waals surface area (Å²) in [7, 11) is 0. The Morgan fingerprint density at radius 1 is 1.15 bits per heavy atom. The van der Waals surface area contributed by atoms with E-state index in [1.807, 2.05) is 30.3 Å². The molecular weight excluding hydrogens is 252 g/mol. The van der Waals surface area contributed by atoms with Crippen LogP contribution in [0.15, 0.2) is 48.5 Å². The lowest BCUT2D eigenvalue weighted by molar-refractivity contribution is -0.121.